The number of hydrogen-bond acceptors (Lipinski definition) is 9. The molecule has 0 aliphatic carbocycles. The monoisotopic (exact) mass is 601 g/mol. The van der Waals surface area contributed by atoms with Crippen LogP contribution in [0, 0.1) is 11.3 Å². The lowest BCUT2D eigenvalue weighted by molar-refractivity contribution is -0.168. The lowest BCUT2D eigenvalue weighted by atomic mass is 10.0. The van der Waals surface area contributed by atoms with Gasteiger partial charge in [-0.25, -0.2) is 4.79 Å². The molecule has 2 amide bonds. The number of hydrogen-bond donors (Lipinski definition) is 3. The Kier molecular flexibility index (Phi) is 11.5. The van der Waals surface area contributed by atoms with Crippen LogP contribution in [-0.4, -0.2) is 49.2 Å². The van der Waals surface area contributed by atoms with E-state index >= 15 is 0 Å². The second-order valence-corrected chi connectivity index (χ2v) is 10.2. The Hall–Kier alpha value is -5.19. The van der Waals surface area contributed by atoms with Gasteiger partial charge in [-0.15, -0.1) is 0 Å². The summed E-state index contributed by atoms with van der Waals surface area (Å²) in [5.74, 6) is -1.27. The molecule has 1 fully saturated rings. The topological polar surface area (TPSA) is 153 Å². The molecule has 0 unspecified atom stereocenters. The maximum atomic E-state index is 12.3. The summed E-state index contributed by atoms with van der Waals surface area (Å²) in [6, 6.07) is 23.7. The second kappa shape index (κ2) is 15.9. The number of amidine groups is 1. The van der Waals surface area contributed by atoms with Crippen molar-refractivity contribution in [1.29, 1.82) is 5.41 Å². The molecule has 3 N–H and O–H groups in total. The molecule has 1 aliphatic rings. The first-order valence-electron chi connectivity index (χ1n) is 14.3. The largest absolute Gasteiger partial charge is 0.491 e. The second-order valence-electron chi connectivity index (χ2n) is 10.2. The maximum absolute atomic E-state index is 12.3. The standard InChI is InChI=1S/C33H35N3O8/c1-2-6-29(37)43-21-44-30(38)18-26-17-27(35-32(26)39)20-41-28-15-13-24(14-16-28)23-9-11-25(12-10-23)31(34)36-33(40)42-19-22-7-4-3-5-8-22/h3-5,7-16,26-27H,2,6,17-21H2,1H3,(H,35,39)(H2,34,36,40)/t26-,27-/m0/s1. The fourth-order valence-corrected chi connectivity index (χ4v) is 4.51. The van der Waals surface area contributed by atoms with E-state index in [0.717, 1.165) is 16.7 Å². The van der Waals surface area contributed by atoms with Crippen molar-refractivity contribution < 1.29 is 38.1 Å². The Morgan fingerprint density at radius 2 is 1.55 bits per heavy atom. The molecule has 1 saturated heterocycles. The number of carbonyl (C=O) groups is 4. The third kappa shape index (κ3) is 9.69. The molecule has 4 rings (SSSR count). The van der Waals surface area contributed by atoms with Gasteiger partial charge in [0.15, 0.2) is 0 Å². The van der Waals surface area contributed by atoms with Gasteiger partial charge in [0.05, 0.1) is 18.4 Å². The number of alkyl carbamates (subject to hydrolysis) is 1. The van der Waals surface area contributed by atoms with Crippen LogP contribution < -0.4 is 15.4 Å². The molecule has 44 heavy (non-hydrogen) atoms. The molecule has 0 radical (unpaired) electrons. The van der Waals surface area contributed by atoms with Crippen LogP contribution in [0.15, 0.2) is 78.9 Å². The minimum absolute atomic E-state index is 0.0654. The molecule has 3 aromatic carbocycles. The van der Waals surface area contributed by atoms with Crippen LogP contribution in [0.1, 0.15) is 43.7 Å². The molecule has 1 aliphatic heterocycles. The van der Waals surface area contributed by atoms with Gasteiger partial charge < -0.3 is 24.3 Å². The van der Waals surface area contributed by atoms with Crippen molar-refractivity contribution in [3.63, 3.8) is 0 Å². The van der Waals surface area contributed by atoms with Gasteiger partial charge in [0, 0.05) is 12.0 Å². The van der Waals surface area contributed by atoms with Gasteiger partial charge in [0.25, 0.3) is 0 Å². The van der Waals surface area contributed by atoms with Crippen LogP contribution in [0.4, 0.5) is 4.79 Å². The molecule has 1 heterocycles. The highest BCUT2D eigenvalue weighted by Gasteiger charge is 2.34. The van der Waals surface area contributed by atoms with Crippen molar-refractivity contribution in [2.75, 3.05) is 13.4 Å². The molecule has 0 saturated carbocycles. The van der Waals surface area contributed by atoms with E-state index < -0.39 is 30.7 Å². The van der Waals surface area contributed by atoms with Gasteiger partial charge in [-0.1, -0.05) is 73.7 Å². The van der Waals surface area contributed by atoms with Gasteiger partial charge in [-0.2, -0.15) is 0 Å². The Balaban J connectivity index is 1.18. The molecule has 11 heteroatoms. The zero-order valence-electron chi connectivity index (χ0n) is 24.4. The summed E-state index contributed by atoms with van der Waals surface area (Å²) in [7, 11) is 0. The zero-order valence-corrected chi connectivity index (χ0v) is 24.4. The lowest BCUT2D eigenvalue weighted by Gasteiger charge is -2.13. The van der Waals surface area contributed by atoms with Gasteiger partial charge >= 0.3 is 18.0 Å². The van der Waals surface area contributed by atoms with Crippen molar-refractivity contribution in [3.8, 4) is 16.9 Å². The molecule has 230 valence electrons. The number of rotatable bonds is 13. The summed E-state index contributed by atoms with van der Waals surface area (Å²) >= 11 is 0. The minimum Gasteiger partial charge on any atom is -0.491 e. The number of carbonyl (C=O) groups excluding carboxylic acids is 4. The number of ether oxygens (including phenoxy) is 4. The van der Waals surface area contributed by atoms with Crippen molar-refractivity contribution in [2.45, 2.75) is 45.3 Å². The first kappa shape index (κ1) is 31.7. The van der Waals surface area contributed by atoms with E-state index in [0.29, 0.717) is 24.2 Å². The summed E-state index contributed by atoms with van der Waals surface area (Å²) in [5.41, 5.74) is 3.23. The Morgan fingerprint density at radius 1 is 0.886 bits per heavy atom. The third-order valence-corrected chi connectivity index (χ3v) is 6.85. The fraction of sp³-hybridized carbons (Fsp3) is 0.303. The molecule has 0 aromatic heterocycles. The molecule has 2 atom stereocenters. The van der Waals surface area contributed by atoms with Crippen LogP contribution in [0.3, 0.4) is 0 Å². The van der Waals surface area contributed by atoms with E-state index in [-0.39, 0.29) is 43.8 Å². The predicted octanol–water partition coefficient (Wildman–Crippen LogP) is 4.72. The average Bonchev–Trinajstić information content (AvgIpc) is 3.38. The SMILES string of the molecule is CCCC(=O)OCOC(=O)C[C@@H]1C[C@@H](COc2ccc(-c3ccc(C(=N)NC(=O)OCc4ccccc4)cc3)cc2)NC1=O. The van der Waals surface area contributed by atoms with Gasteiger partial charge in [0.2, 0.25) is 12.7 Å². The molecular formula is C33H35N3O8. The van der Waals surface area contributed by atoms with Crippen LogP contribution in [0.25, 0.3) is 11.1 Å². The van der Waals surface area contributed by atoms with E-state index in [1.165, 1.54) is 0 Å². The van der Waals surface area contributed by atoms with Crippen molar-refractivity contribution in [3.05, 3.63) is 90.0 Å². The van der Waals surface area contributed by atoms with Crippen LogP contribution in [-0.2, 0) is 35.2 Å². The molecule has 11 nitrogen and oxygen atoms in total. The molecule has 3 aromatic rings. The maximum Gasteiger partial charge on any atom is 0.413 e. The van der Waals surface area contributed by atoms with Crippen LogP contribution >= 0.6 is 0 Å². The van der Waals surface area contributed by atoms with Gasteiger partial charge in [-0.05, 0) is 41.7 Å². The van der Waals surface area contributed by atoms with Crippen molar-refractivity contribution >= 4 is 29.8 Å². The number of esters is 2. The van der Waals surface area contributed by atoms with Crippen molar-refractivity contribution in [2.24, 2.45) is 5.92 Å². The van der Waals surface area contributed by atoms with Crippen LogP contribution in [0.5, 0.6) is 5.75 Å². The summed E-state index contributed by atoms with van der Waals surface area (Å²) < 4.78 is 20.8. The Labute approximate surface area is 255 Å². The van der Waals surface area contributed by atoms with E-state index in [2.05, 4.69) is 10.6 Å². The highest BCUT2D eigenvalue weighted by molar-refractivity contribution is 6.04. The highest BCUT2D eigenvalue weighted by atomic mass is 16.7. The van der Waals surface area contributed by atoms with E-state index in [9.17, 15) is 19.2 Å². The zero-order chi connectivity index (χ0) is 31.3. The summed E-state index contributed by atoms with van der Waals surface area (Å²) in [6.07, 6.45) is 0.509. The van der Waals surface area contributed by atoms with Crippen LogP contribution in [0.2, 0.25) is 0 Å². The van der Waals surface area contributed by atoms with Gasteiger partial charge in [-0.3, -0.25) is 25.1 Å². The number of nitrogens with one attached hydrogen (secondary N) is 3. The third-order valence-electron chi connectivity index (χ3n) is 6.85. The molecule has 0 spiro atoms. The first-order valence-corrected chi connectivity index (χ1v) is 14.3. The van der Waals surface area contributed by atoms with Crippen molar-refractivity contribution in [1.82, 2.24) is 10.6 Å². The fourth-order valence-electron chi connectivity index (χ4n) is 4.51. The average molecular weight is 602 g/mol. The number of amides is 2. The van der Waals surface area contributed by atoms with Gasteiger partial charge in [0.1, 0.15) is 24.8 Å². The number of benzene rings is 3. The molecular weight excluding hydrogens is 566 g/mol. The lowest BCUT2D eigenvalue weighted by Crippen LogP contribution is -2.31. The highest BCUT2D eigenvalue weighted by Crippen LogP contribution is 2.24. The summed E-state index contributed by atoms with van der Waals surface area (Å²) in [4.78, 5) is 47.7. The van der Waals surface area contributed by atoms with E-state index in [4.69, 9.17) is 24.4 Å². The smallest absolute Gasteiger partial charge is 0.413 e. The molecule has 0 bridgehead atoms. The van der Waals surface area contributed by atoms with E-state index in [1.54, 1.807) is 12.1 Å². The normalized spacial score (nSPS) is 15.5. The summed E-state index contributed by atoms with van der Waals surface area (Å²) in [5, 5.41) is 13.5. The Morgan fingerprint density at radius 3 is 2.23 bits per heavy atom. The summed E-state index contributed by atoms with van der Waals surface area (Å²) in [6.45, 7) is 1.74. The minimum atomic E-state index is -0.698. The first-order chi connectivity index (χ1) is 21.3. The van der Waals surface area contributed by atoms with E-state index in [1.807, 2.05) is 73.7 Å². The Bertz CT molecular complexity index is 1440. The predicted molar refractivity (Wildman–Crippen MR) is 161 cm³/mol. The quantitative estimate of drug-likeness (QED) is 0.110.